The number of hydrogen-bond acceptors (Lipinski definition) is 7. The predicted molar refractivity (Wildman–Crippen MR) is 116 cm³/mol. The zero-order valence-electron chi connectivity index (χ0n) is 17.6. The van der Waals surface area contributed by atoms with E-state index in [1.165, 1.54) is 24.3 Å². The van der Waals surface area contributed by atoms with Gasteiger partial charge in [-0.2, -0.15) is 5.26 Å². The molecule has 0 heterocycles. The van der Waals surface area contributed by atoms with Gasteiger partial charge in [-0.15, -0.1) is 0 Å². The molecule has 9 heteroatoms. The fourth-order valence-corrected chi connectivity index (χ4v) is 7.02. The first-order chi connectivity index (χ1) is 15.3. The summed E-state index contributed by atoms with van der Waals surface area (Å²) in [6.07, 6.45) is -0.237. The summed E-state index contributed by atoms with van der Waals surface area (Å²) in [4.78, 5) is 23.8. The van der Waals surface area contributed by atoms with Crippen molar-refractivity contribution in [2.45, 2.75) is 47.8 Å². The standard InChI is InChI=1S/C23H24N2O6S/c1-2-31-21(26)15-18-13-14-20(25(27)28)22(17-9-5-3-6-10-17)23(18,16-24)32(29,30)19-11-7-4-8-12-19/h3-12,18,20,22H,2,13-15H2,1H3/t18-,20-,22+,23+/m0/s1. The van der Waals surface area contributed by atoms with Crippen LogP contribution in [0.25, 0.3) is 0 Å². The topological polar surface area (TPSA) is 127 Å². The molecule has 0 aliphatic heterocycles. The van der Waals surface area contributed by atoms with E-state index >= 15 is 0 Å². The average molecular weight is 457 g/mol. The highest BCUT2D eigenvalue weighted by Gasteiger charge is 2.65. The van der Waals surface area contributed by atoms with Gasteiger partial charge in [-0.25, -0.2) is 8.42 Å². The lowest BCUT2D eigenvalue weighted by molar-refractivity contribution is -0.531. The highest BCUT2D eigenvalue weighted by atomic mass is 32.2. The fourth-order valence-electron chi connectivity index (χ4n) is 4.73. The number of sulfone groups is 1. The maximum atomic E-state index is 14.0. The molecule has 0 aromatic heterocycles. The number of carbonyl (C=O) groups is 1. The van der Waals surface area contributed by atoms with Crippen LogP contribution in [-0.2, 0) is 19.4 Å². The lowest BCUT2D eigenvalue weighted by Crippen LogP contribution is -2.58. The molecule has 2 aromatic rings. The van der Waals surface area contributed by atoms with Crippen molar-refractivity contribution in [2.24, 2.45) is 5.92 Å². The van der Waals surface area contributed by atoms with Gasteiger partial charge < -0.3 is 4.74 Å². The molecule has 32 heavy (non-hydrogen) atoms. The lowest BCUT2D eigenvalue weighted by Gasteiger charge is -2.44. The summed E-state index contributed by atoms with van der Waals surface area (Å²) in [5.74, 6) is -2.87. The number of rotatable bonds is 7. The SMILES string of the molecule is CCOC(=O)C[C@@H]1CC[C@H]([N+](=O)[O-])[C@@H](c2ccccc2)[C@]1(C#N)S(=O)(=O)c1ccccc1. The molecule has 0 unspecified atom stereocenters. The highest BCUT2D eigenvalue weighted by Crippen LogP contribution is 2.53. The van der Waals surface area contributed by atoms with Gasteiger partial charge in [-0.1, -0.05) is 48.5 Å². The highest BCUT2D eigenvalue weighted by molar-refractivity contribution is 7.93. The molecule has 0 saturated heterocycles. The van der Waals surface area contributed by atoms with Crippen LogP contribution in [0.2, 0.25) is 0 Å². The number of hydrogen-bond donors (Lipinski definition) is 0. The minimum absolute atomic E-state index is 0.0351. The molecular formula is C23H24N2O6S. The molecule has 0 amide bonds. The number of ether oxygens (including phenoxy) is 1. The van der Waals surface area contributed by atoms with E-state index in [9.17, 15) is 28.6 Å². The Hall–Kier alpha value is -3.25. The van der Waals surface area contributed by atoms with Gasteiger partial charge in [0.25, 0.3) is 0 Å². The second-order valence-electron chi connectivity index (χ2n) is 7.75. The van der Waals surface area contributed by atoms with Crippen molar-refractivity contribution < 1.29 is 22.9 Å². The summed E-state index contributed by atoms with van der Waals surface area (Å²) in [6, 6.07) is 16.3. The summed E-state index contributed by atoms with van der Waals surface area (Å²) in [5.41, 5.74) is 0.379. The van der Waals surface area contributed by atoms with Crippen molar-refractivity contribution in [3.05, 3.63) is 76.3 Å². The Kier molecular flexibility index (Phi) is 6.94. The van der Waals surface area contributed by atoms with Crippen LogP contribution in [0.3, 0.4) is 0 Å². The Bertz CT molecular complexity index is 1110. The van der Waals surface area contributed by atoms with E-state index in [0.717, 1.165) is 0 Å². The van der Waals surface area contributed by atoms with Crippen molar-refractivity contribution in [3.8, 4) is 6.07 Å². The molecule has 2 aromatic carbocycles. The van der Waals surface area contributed by atoms with E-state index < -0.39 is 43.4 Å². The summed E-state index contributed by atoms with van der Waals surface area (Å²) in [6.45, 7) is 1.74. The van der Waals surface area contributed by atoms with Gasteiger partial charge in [0.1, 0.15) is 0 Å². The number of esters is 1. The average Bonchev–Trinajstić information content (AvgIpc) is 2.79. The van der Waals surface area contributed by atoms with E-state index in [2.05, 4.69) is 0 Å². The van der Waals surface area contributed by atoms with E-state index in [1.54, 1.807) is 43.3 Å². The quantitative estimate of drug-likeness (QED) is 0.354. The van der Waals surface area contributed by atoms with Gasteiger partial charge in [0, 0.05) is 17.3 Å². The van der Waals surface area contributed by atoms with Crippen molar-refractivity contribution in [3.63, 3.8) is 0 Å². The molecular weight excluding hydrogens is 432 g/mol. The second kappa shape index (κ2) is 9.49. The minimum Gasteiger partial charge on any atom is -0.466 e. The largest absolute Gasteiger partial charge is 0.466 e. The van der Waals surface area contributed by atoms with Crippen LogP contribution in [0.5, 0.6) is 0 Å². The Morgan fingerprint density at radius 3 is 2.28 bits per heavy atom. The first-order valence-corrected chi connectivity index (χ1v) is 11.8. The maximum absolute atomic E-state index is 14.0. The maximum Gasteiger partial charge on any atom is 0.306 e. The zero-order valence-corrected chi connectivity index (χ0v) is 18.4. The number of nitro groups is 1. The van der Waals surface area contributed by atoms with Crippen LogP contribution in [0, 0.1) is 27.4 Å². The first-order valence-electron chi connectivity index (χ1n) is 10.3. The van der Waals surface area contributed by atoms with Crippen LogP contribution in [0.4, 0.5) is 0 Å². The van der Waals surface area contributed by atoms with Crippen molar-refractivity contribution in [1.29, 1.82) is 5.26 Å². The molecule has 0 radical (unpaired) electrons. The predicted octanol–water partition coefficient (Wildman–Crippen LogP) is 3.51. The lowest BCUT2D eigenvalue weighted by atomic mass is 9.65. The van der Waals surface area contributed by atoms with Gasteiger partial charge in [0.2, 0.25) is 6.04 Å². The molecule has 4 atom stereocenters. The normalized spacial score (nSPS) is 25.4. The number of carbonyl (C=O) groups excluding carboxylic acids is 1. The molecule has 1 aliphatic rings. The molecule has 0 bridgehead atoms. The molecule has 1 fully saturated rings. The van der Waals surface area contributed by atoms with Gasteiger partial charge >= 0.3 is 5.97 Å². The van der Waals surface area contributed by atoms with E-state index in [1.807, 2.05) is 6.07 Å². The number of benzene rings is 2. The van der Waals surface area contributed by atoms with E-state index in [-0.39, 0.29) is 30.8 Å². The van der Waals surface area contributed by atoms with Gasteiger partial charge in [0.05, 0.1) is 29.9 Å². The smallest absolute Gasteiger partial charge is 0.306 e. The van der Waals surface area contributed by atoms with E-state index in [0.29, 0.717) is 5.56 Å². The van der Waals surface area contributed by atoms with Crippen LogP contribution < -0.4 is 0 Å². The Morgan fingerprint density at radius 2 is 1.75 bits per heavy atom. The monoisotopic (exact) mass is 456 g/mol. The van der Waals surface area contributed by atoms with Crippen LogP contribution in [0.15, 0.2) is 65.6 Å². The molecule has 0 spiro atoms. The molecule has 8 nitrogen and oxygen atoms in total. The summed E-state index contributed by atoms with van der Waals surface area (Å²) >= 11 is 0. The Balaban J connectivity index is 2.31. The number of nitriles is 1. The molecule has 3 rings (SSSR count). The fraction of sp³-hybridized carbons (Fsp3) is 0.391. The van der Waals surface area contributed by atoms with E-state index in [4.69, 9.17) is 4.74 Å². The van der Waals surface area contributed by atoms with Crippen molar-refractivity contribution in [2.75, 3.05) is 6.61 Å². The minimum atomic E-state index is -4.42. The Labute approximate surface area is 186 Å². The van der Waals surface area contributed by atoms with Gasteiger partial charge in [-0.3, -0.25) is 14.9 Å². The van der Waals surface area contributed by atoms with Crippen molar-refractivity contribution in [1.82, 2.24) is 0 Å². The summed E-state index contributed by atoms with van der Waals surface area (Å²) < 4.78 is 30.9. The molecule has 1 aliphatic carbocycles. The zero-order chi connectivity index (χ0) is 23.4. The summed E-state index contributed by atoms with van der Waals surface area (Å²) in [7, 11) is -4.42. The third kappa shape index (κ3) is 3.98. The van der Waals surface area contributed by atoms with Crippen LogP contribution >= 0.6 is 0 Å². The third-order valence-electron chi connectivity index (χ3n) is 6.08. The molecule has 0 N–H and O–H groups in total. The second-order valence-corrected chi connectivity index (χ2v) is 9.90. The molecule has 168 valence electrons. The van der Waals surface area contributed by atoms with Gasteiger partial charge in [0.15, 0.2) is 14.6 Å². The Morgan fingerprint density at radius 1 is 1.16 bits per heavy atom. The van der Waals surface area contributed by atoms with Crippen molar-refractivity contribution >= 4 is 15.8 Å². The number of nitrogens with zero attached hydrogens (tertiary/aromatic N) is 2. The van der Waals surface area contributed by atoms with Gasteiger partial charge in [-0.05, 0) is 31.0 Å². The van der Waals surface area contributed by atoms with Crippen LogP contribution in [0.1, 0.15) is 37.7 Å². The summed E-state index contributed by atoms with van der Waals surface area (Å²) in [5, 5.41) is 22.5. The third-order valence-corrected chi connectivity index (χ3v) is 8.55. The molecule has 1 saturated carbocycles. The first kappa shape index (κ1) is 23.4. The van der Waals surface area contributed by atoms with Crippen LogP contribution in [-0.4, -0.2) is 36.7 Å².